The van der Waals surface area contributed by atoms with E-state index in [1.165, 1.54) is 17.9 Å². The van der Waals surface area contributed by atoms with E-state index in [1.807, 2.05) is 36.4 Å². The number of amides is 2. The Morgan fingerprint density at radius 3 is 2.29 bits per heavy atom. The van der Waals surface area contributed by atoms with Crippen LogP contribution in [0.15, 0.2) is 54.7 Å². The number of hydrogen-bond acceptors (Lipinski definition) is 5. The van der Waals surface area contributed by atoms with Gasteiger partial charge in [0.15, 0.2) is 5.69 Å². The maximum absolute atomic E-state index is 12.9. The van der Waals surface area contributed by atoms with Gasteiger partial charge in [0.25, 0.3) is 0 Å². The highest BCUT2D eigenvalue weighted by molar-refractivity contribution is 6.02. The Morgan fingerprint density at radius 1 is 1.09 bits per heavy atom. The zero-order chi connectivity index (χ0) is 23.8. The summed E-state index contributed by atoms with van der Waals surface area (Å²) in [6.07, 6.45) is 2.18. The van der Waals surface area contributed by atoms with Crippen LogP contribution in [0, 0.1) is 5.92 Å². The average Bonchev–Trinajstić information content (AvgIpc) is 3.53. The maximum Gasteiger partial charge on any atom is 0.407 e. The highest BCUT2D eigenvalue weighted by atomic mass is 16.5. The Hall–Kier alpha value is -4.14. The van der Waals surface area contributed by atoms with Crippen molar-refractivity contribution in [2.24, 2.45) is 13.0 Å². The molecule has 34 heavy (non-hydrogen) atoms. The number of ether oxygens (including phenoxy) is 1. The van der Waals surface area contributed by atoms with Gasteiger partial charge in [0, 0.05) is 13.0 Å². The third-order valence-corrected chi connectivity index (χ3v) is 6.39. The third-order valence-electron chi connectivity index (χ3n) is 6.39. The quantitative estimate of drug-likeness (QED) is 0.497. The van der Waals surface area contributed by atoms with E-state index in [0.717, 1.165) is 35.1 Å². The lowest BCUT2D eigenvalue weighted by Gasteiger charge is -2.19. The smallest absolute Gasteiger partial charge is 0.407 e. The molecule has 2 aliphatic rings. The van der Waals surface area contributed by atoms with Crippen LogP contribution in [0.5, 0.6) is 0 Å². The van der Waals surface area contributed by atoms with E-state index in [4.69, 9.17) is 4.74 Å². The molecule has 9 heteroatoms. The van der Waals surface area contributed by atoms with Crippen molar-refractivity contribution in [3.63, 3.8) is 0 Å². The van der Waals surface area contributed by atoms with Crippen molar-refractivity contribution in [1.29, 1.82) is 0 Å². The van der Waals surface area contributed by atoms with Gasteiger partial charge in [-0.3, -0.25) is 9.48 Å². The minimum Gasteiger partial charge on any atom is -0.476 e. The first-order valence-corrected chi connectivity index (χ1v) is 11.1. The Labute approximate surface area is 195 Å². The molecule has 0 bridgehead atoms. The number of carboxylic acid groups (broad SMARTS) is 1. The first kappa shape index (κ1) is 21.7. The topological polar surface area (TPSA) is 123 Å². The van der Waals surface area contributed by atoms with Crippen LogP contribution < -0.4 is 10.6 Å². The summed E-state index contributed by atoms with van der Waals surface area (Å²) in [5, 5.41) is 18.5. The molecule has 2 amide bonds. The van der Waals surface area contributed by atoms with Gasteiger partial charge in [-0.15, -0.1) is 0 Å². The summed E-state index contributed by atoms with van der Waals surface area (Å²) in [5.74, 6) is -1.81. The molecule has 0 aliphatic heterocycles. The summed E-state index contributed by atoms with van der Waals surface area (Å²) in [4.78, 5) is 37.0. The number of hydrogen-bond donors (Lipinski definition) is 3. The largest absolute Gasteiger partial charge is 0.476 e. The summed E-state index contributed by atoms with van der Waals surface area (Å²) in [5.41, 5.74) is 4.42. The molecule has 0 radical (unpaired) electrons. The highest BCUT2D eigenvalue weighted by Gasteiger charge is 2.38. The van der Waals surface area contributed by atoms with E-state index in [-0.39, 0.29) is 29.8 Å². The number of anilines is 1. The van der Waals surface area contributed by atoms with E-state index in [9.17, 15) is 19.5 Å². The Balaban J connectivity index is 1.26. The number of fused-ring (bicyclic) bond motifs is 3. The van der Waals surface area contributed by atoms with E-state index < -0.39 is 24.0 Å². The number of rotatable bonds is 7. The molecule has 1 saturated carbocycles. The molecule has 1 aromatic heterocycles. The molecule has 9 nitrogen and oxygen atoms in total. The number of aryl methyl sites for hydroxylation is 1. The van der Waals surface area contributed by atoms with Crippen LogP contribution >= 0.6 is 0 Å². The fourth-order valence-electron chi connectivity index (χ4n) is 4.59. The second-order valence-electron chi connectivity index (χ2n) is 8.61. The lowest BCUT2D eigenvalue weighted by atomic mass is 9.98. The molecule has 3 N–H and O–H groups in total. The third kappa shape index (κ3) is 4.00. The molecule has 3 aromatic rings. The normalized spacial score (nSPS) is 15.2. The van der Waals surface area contributed by atoms with Crippen LogP contribution in [0.1, 0.15) is 40.4 Å². The van der Waals surface area contributed by atoms with Crippen LogP contribution in [0.2, 0.25) is 0 Å². The first-order valence-electron chi connectivity index (χ1n) is 11.1. The molecule has 5 rings (SSSR count). The van der Waals surface area contributed by atoms with Gasteiger partial charge in [0.1, 0.15) is 12.6 Å². The van der Waals surface area contributed by atoms with Crippen molar-refractivity contribution in [3.05, 3.63) is 71.5 Å². The number of carbonyl (C=O) groups is 3. The van der Waals surface area contributed by atoms with Crippen molar-refractivity contribution in [1.82, 2.24) is 15.1 Å². The monoisotopic (exact) mass is 460 g/mol. The van der Waals surface area contributed by atoms with Crippen LogP contribution in [0.25, 0.3) is 11.1 Å². The number of aromatic nitrogens is 2. The number of benzene rings is 2. The molecular formula is C25H24N4O5. The van der Waals surface area contributed by atoms with Crippen molar-refractivity contribution in [2.75, 3.05) is 11.9 Å². The standard InChI is InChI=1S/C25H24N4O5/c1-29-22(24(31)32)20(12-26-29)27-23(30)21(14-10-11-14)28-25(33)34-13-19-17-8-4-2-6-15(17)16-7-3-5-9-18(16)19/h2-9,12,14,19,21H,10-11,13H2,1H3,(H,27,30)(H,28,33)(H,31,32). The van der Waals surface area contributed by atoms with Crippen molar-refractivity contribution in [2.45, 2.75) is 24.8 Å². The fourth-order valence-corrected chi connectivity index (χ4v) is 4.59. The van der Waals surface area contributed by atoms with Gasteiger partial charge in [-0.25, -0.2) is 9.59 Å². The van der Waals surface area contributed by atoms with Crippen LogP contribution in [0.4, 0.5) is 10.5 Å². The molecule has 1 atom stereocenters. The minimum absolute atomic E-state index is 0.0227. The summed E-state index contributed by atoms with van der Waals surface area (Å²) in [6.45, 7) is 0.143. The highest BCUT2D eigenvalue weighted by Crippen LogP contribution is 2.44. The molecule has 0 saturated heterocycles. The van der Waals surface area contributed by atoms with Crippen molar-refractivity contribution >= 4 is 23.7 Å². The van der Waals surface area contributed by atoms with Gasteiger partial charge in [-0.05, 0) is 41.0 Å². The zero-order valence-corrected chi connectivity index (χ0v) is 18.5. The molecular weight excluding hydrogens is 436 g/mol. The van der Waals surface area contributed by atoms with E-state index in [2.05, 4.69) is 27.9 Å². The molecule has 174 valence electrons. The van der Waals surface area contributed by atoms with E-state index in [0.29, 0.717) is 0 Å². The summed E-state index contributed by atoms with van der Waals surface area (Å²) in [6, 6.07) is 15.3. The van der Waals surface area contributed by atoms with Gasteiger partial charge in [-0.2, -0.15) is 5.10 Å². The minimum atomic E-state index is -1.21. The Bertz CT molecular complexity index is 1230. The zero-order valence-electron chi connectivity index (χ0n) is 18.5. The second-order valence-corrected chi connectivity index (χ2v) is 8.61. The first-order chi connectivity index (χ1) is 16.4. The van der Waals surface area contributed by atoms with Gasteiger partial charge in [0.05, 0.1) is 11.9 Å². The summed E-state index contributed by atoms with van der Waals surface area (Å²) < 4.78 is 6.74. The number of aromatic carboxylic acids is 1. The SMILES string of the molecule is Cn1ncc(NC(=O)C(NC(=O)OCC2c3ccccc3-c3ccccc32)C2CC2)c1C(=O)O. The molecule has 0 spiro atoms. The van der Waals surface area contributed by atoms with Gasteiger partial charge < -0.3 is 20.5 Å². The molecule has 2 aromatic carbocycles. The number of nitrogens with zero attached hydrogens (tertiary/aromatic N) is 2. The summed E-state index contributed by atoms with van der Waals surface area (Å²) >= 11 is 0. The molecule has 1 fully saturated rings. The molecule has 1 unspecified atom stereocenters. The van der Waals surface area contributed by atoms with E-state index in [1.54, 1.807) is 0 Å². The number of carbonyl (C=O) groups excluding carboxylic acids is 2. The molecule has 1 heterocycles. The van der Waals surface area contributed by atoms with Crippen LogP contribution in [-0.4, -0.2) is 45.5 Å². The van der Waals surface area contributed by atoms with Crippen molar-refractivity contribution < 1.29 is 24.2 Å². The van der Waals surface area contributed by atoms with E-state index >= 15 is 0 Å². The summed E-state index contributed by atoms with van der Waals surface area (Å²) in [7, 11) is 1.48. The second kappa shape index (κ2) is 8.66. The predicted molar refractivity (Wildman–Crippen MR) is 124 cm³/mol. The van der Waals surface area contributed by atoms with Gasteiger partial charge >= 0.3 is 12.1 Å². The van der Waals surface area contributed by atoms with Gasteiger partial charge in [-0.1, -0.05) is 48.5 Å². The molecule has 2 aliphatic carbocycles. The predicted octanol–water partition coefficient (Wildman–Crippen LogP) is 3.37. The number of nitrogens with one attached hydrogen (secondary N) is 2. The fraction of sp³-hybridized carbons (Fsp3) is 0.280. The Kier molecular flexibility index (Phi) is 5.53. The average molecular weight is 460 g/mol. The Morgan fingerprint density at radius 2 is 1.71 bits per heavy atom. The van der Waals surface area contributed by atoms with Crippen LogP contribution in [0.3, 0.4) is 0 Å². The van der Waals surface area contributed by atoms with Crippen LogP contribution in [-0.2, 0) is 16.6 Å². The number of alkyl carbamates (subject to hydrolysis) is 1. The maximum atomic E-state index is 12.9. The lowest BCUT2D eigenvalue weighted by molar-refractivity contribution is -0.118. The van der Waals surface area contributed by atoms with Crippen molar-refractivity contribution in [3.8, 4) is 11.1 Å². The van der Waals surface area contributed by atoms with Gasteiger partial charge in [0.2, 0.25) is 5.91 Å². The number of carboxylic acids is 1. The lowest BCUT2D eigenvalue weighted by Crippen LogP contribution is -2.45.